The first-order chi connectivity index (χ1) is 8.02. The first-order valence-electron chi connectivity index (χ1n) is 4.65. The molecule has 0 unspecified atom stereocenters. The van der Waals surface area contributed by atoms with Crippen LogP contribution in [0.4, 0.5) is 5.69 Å². The molecule has 0 heterocycles. The average molecular weight is 235 g/mol. The zero-order valence-electron chi connectivity index (χ0n) is 8.70. The molecule has 0 saturated carbocycles. The van der Waals surface area contributed by atoms with Crippen LogP contribution in [0.25, 0.3) is 6.08 Å². The van der Waals surface area contributed by atoms with Crippen LogP contribution in [0.3, 0.4) is 0 Å². The third kappa shape index (κ3) is 3.86. The minimum atomic E-state index is -1.13. The van der Waals surface area contributed by atoms with Gasteiger partial charge in [-0.25, -0.2) is 0 Å². The first kappa shape index (κ1) is 12.6. The van der Waals surface area contributed by atoms with Crippen LogP contribution in [0, 0.1) is 10.1 Å². The summed E-state index contributed by atoms with van der Waals surface area (Å²) in [4.78, 5) is 31.0. The molecule has 0 atom stereocenters. The van der Waals surface area contributed by atoms with Crippen LogP contribution in [-0.2, 0) is 9.59 Å². The van der Waals surface area contributed by atoms with Crippen molar-refractivity contribution in [3.05, 3.63) is 45.5 Å². The number of hydrogen-bond acceptors (Lipinski definition) is 4. The number of benzene rings is 1. The van der Waals surface area contributed by atoms with E-state index in [0.29, 0.717) is 11.8 Å². The van der Waals surface area contributed by atoms with E-state index in [2.05, 4.69) is 0 Å². The minimum absolute atomic E-state index is 0.0537. The highest BCUT2D eigenvalue weighted by Crippen LogP contribution is 2.16. The lowest BCUT2D eigenvalue weighted by molar-refractivity contribution is -0.384. The molecule has 6 nitrogen and oxygen atoms in total. The fourth-order valence-corrected chi connectivity index (χ4v) is 1.24. The van der Waals surface area contributed by atoms with Crippen molar-refractivity contribution in [1.29, 1.82) is 0 Å². The fraction of sp³-hybridized carbons (Fsp3) is 0.0909. The van der Waals surface area contributed by atoms with Gasteiger partial charge in [-0.3, -0.25) is 19.7 Å². The molecule has 17 heavy (non-hydrogen) atoms. The highest BCUT2D eigenvalue weighted by molar-refractivity contribution is 5.88. The predicted molar refractivity (Wildman–Crippen MR) is 59.4 cm³/mol. The lowest BCUT2D eigenvalue weighted by Gasteiger charge is -1.97. The minimum Gasteiger partial charge on any atom is -0.481 e. The highest BCUT2D eigenvalue weighted by Gasteiger charge is 2.06. The average Bonchev–Trinajstić information content (AvgIpc) is 2.28. The number of aldehydes is 1. The Hall–Kier alpha value is -2.50. The predicted octanol–water partition coefficient (Wildman–Crippen LogP) is 1.65. The second kappa shape index (κ2) is 5.55. The Labute approximate surface area is 96.3 Å². The molecule has 0 aliphatic heterocycles. The molecule has 0 bridgehead atoms. The maximum Gasteiger partial charge on any atom is 0.307 e. The van der Waals surface area contributed by atoms with E-state index in [-0.39, 0.29) is 11.3 Å². The zero-order chi connectivity index (χ0) is 12.8. The van der Waals surface area contributed by atoms with Crippen molar-refractivity contribution in [3.63, 3.8) is 0 Å². The SMILES string of the molecule is O=CC(=Cc1cccc([N+](=O)[O-])c1)CC(=O)O. The van der Waals surface area contributed by atoms with Crippen LogP contribution in [-0.4, -0.2) is 22.3 Å². The quantitative estimate of drug-likeness (QED) is 0.362. The summed E-state index contributed by atoms with van der Waals surface area (Å²) in [6.07, 6.45) is 1.33. The smallest absolute Gasteiger partial charge is 0.307 e. The van der Waals surface area contributed by atoms with Crippen molar-refractivity contribution >= 4 is 24.0 Å². The summed E-state index contributed by atoms with van der Waals surface area (Å²) in [6.45, 7) is 0. The van der Waals surface area contributed by atoms with Gasteiger partial charge in [0.25, 0.3) is 5.69 Å². The molecule has 0 fully saturated rings. The lowest BCUT2D eigenvalue weighted by Crippen LogP contribution is -1.98. The largest absolute Gasteiger partial charge is 0.481 e. The summed E-state index contributed by atoms with van der Waals surface area (Å²) in [5, 5.41) is 19.0. The summed E-state index contributed by atoms with van der Waals surface area (Å²) >= 11 is 0. The van der Waals surface area contributed by atoms with E-state index in [4.69, 9.17) is 5.11 Å². The van der Waals surface area contributed by atoms with E-state index in [0.717, 1.165) is 0 Å². The highest BCUT2D eigenvalue weighted by atomic mass is 16.6. The summed E-state index contributed by atoms with van der Waals surface area (Å²) in [5.74, 6) is -1.13. The number of carboxylic acids is 1. The zero-order valence-corrected chi connectivity index (χ0v) is 8.70. The molecular weight excluding hydrogens is 226 g/mol. The van der Waals surface area contributed by atoms with Crippen LogP contribution in [0.5, 0.6) is 0 Å². The van der Waals surface area contributed by atoms with Crippen LogP contribution in [0.2, 0.25) is 0 Å². The van der Waals surface area contributed by atoms with Crippen molar-refractivity contribution in [3.8, 4) is 0 Å². The van der Waals surface area contributed by atoms with Gasteiger partial charge in [0.1, 0.15) is 6.29 Å². The Morgan fingerprint density at radius 1 is 1.47 bits per heavy atom. The number of carboxylic acid groups (broad SMARTS) is 1. The number of nitrogens with zero attached hydrogens (tertiary/aromatic N) is 1. The number of aliphatic carboxylic acids is 1. The summed E-state index contributed by atoms with van der Waals surface area (Å²) in [6, 6.07) is 5.60. The van der Waals surface area contributed by atoms with Gasteiger partial charge in [0, 0.05) is 17.7 Å². The van der Waals surface area contributed by atoms with E-state index < -0.39 is 17.3 Å². The molecule has 0 aromatic heterocycles. The Bertz CT molecular complexity index is 492. The van der Waals surface area contributed by atoms with Gasteiger partial charge in [0.2, 0.25) is 0 Å². The van der Waals surface area contributed by atoms with Crippen molar-refractivity contribution in [1.82, 2.24) is 0 Å². The van der Waals surface area contributed by atoms with E-state index in [9.17, 15) is 19.7 Å². The van der Waals surface area contributed by atoms with Crippen LogP contribution < -0.4 is 0 Å². The number of carbonyl (C=O) groups excluding carboxylic acids is 1. The standard InChI is InChI=1S/C11H9NO5/c13-7-9(6-11(14)15)4-8-2-1-3-10(5-8)12(16)17/h1-5,7H,6H2,(H,14,15). The number of nitro groups is 1. The molecule has 0 aliphatic rings. The molecule has 1 aromatic rings. The Balaban J connectivity index is 3.03. The second-order valence-electron chi connectivity index (χ2n) is 3.26. The van der Waals surface area contributed by atoms with E-state index in [1.165, 1.54) is 24.3 Å². The van der Waals surface area contributed by atoms with Gasteiger partial charge in [-0.2, -0.15) is 0 Å². The lowest BCUT2D eigenvalue weighted by atomic mass is 10.1. The number of hydrogen-bond donors (Lipinski definition) is 1. The normalized spacial score (nSPS) is 10.9. The summed E-state index contributed by atoms with van der Waals surface area (Å²) in [5.41, 5.74) is 0.361. The van der Waals surface area contributed by atoms with Gasteiger partial charge in [0.15, 0.2) is 0 Å². The second-order valence-corrected chi connectivity index (χ2v) is 3.26. The maximum absolute atomic E-state index is 10.6. The third-order valence-electron chi connectivity index (χ3n) is 1.94. The molecule has 88 valence electrons. The van der Waals surface area contributed by atoms with E-state index >= 15 is 0 Å². The monoisotopic (exact) mass is 235 g/mol. The van der Waals surface area contributed by atoms with E-state index in [1.54, 1.807) is 6.07 Å². The van der Waals surface area contributed by atoms with Crippen molar-refractivity contribution in [2.45, 2.75) is 6.42 Å². The van der Waals surface area contributed by atoms with Gasteiger partial charge in [-0.1, -0.05) is 12.1 Å². The van der Waals surface area contributed by atoms with Crippen LogP contribution in [0.1, 0.15) is 12.0 Å². The van der Waals surface area contributed by atoms with E-state index in [1.807, 2.05) is 0 Å². The first-order valence-corrected chi connectivity index (χ1v) is 4.65. The molecule has 0 saturated heterocycles. The molecule has 0 amide bonds. The van der Waals surface area contributed by atoms with Crippen LogP contribution in [0.15, 0.2) is 29.8 Å². The third-order valence-corrected chi connectivity index (χ3v) is 1.94. The Morgan fingerprint density at radius 2 is 2.18 bits per heavy atom. The molecule has 1 aromatic carbocycles. The number of non-ortho nitro benzene ring substituents is 1. The molecule has 1 rings (SSSR count). The van der Waals surface area contributed by atoms with Crippen molar-refractivity contribution in [2.75, 3.05) is 0 Å². The van der Waals surface area contributed by atoms with Crippen molar-refractivity contribution < 1.29 is 19.6 Å². The van der Waals surface area contributed by atoms with Gasteiger partial charge >= 0.3 is 5.97 Å². The fourth-order valence-electron chi connectivity index (χ4n) is 1.24. The van der Waals surface area contributed by atoms with Gasteiger partial charge in [-0.15, -0.1) is 0 Å². The number of nitro benzene ring substituents is 1. The molecular formula is C11H9NO5. The topological polar surface area (TPSA) is 97.5 Å². The summed E-state index contributed by atoms with van der Waals surface area (Å²) in [7, 11) is 0. The Kier molecular flexibility index (Phi) is 4.10. The maximum atomic E-state index is 10.6. The Morgan fingerprint density at radius 3 is 2.71 bits per heavy atom. The molecule has 0 aliphatic carbocycles. The van der Waals surface area contributed by atoms with Gasteiger partial charge in [0.05, 0.1) is 11.3 Å². The van der Waals surface area contributed by atoms with Crippen LogP contribution >= 0.6 is 0 Å². The molecule has 0 radical (unpaired) electrons. The molecule has 0 spiro atoms. The summed E-state index contributed by atoms with van der Waals surface area (Å²) < 4.78 is 0. The number of carbonyl (C=O) groups is 2. The van der Waals surface area contributed by atoms with Gasteiger partial charge < -0.3 is 5.11 Å². The van der Waals surface area contributed by atoms with Crippen molar-refractivity contribution in [2.24, 2.45) is 0 Å². The molecule has 6 heteroatoms. The van der Waals surface area contributed by atoms with Gasteiger partial charge in [-0.05, 0) is 11.6 Å². The molecule has 1 N–H and O–H groups in total. The number of rotatable bonds is 5.